The highest BCUT2D eigenvalue weighted by Gasteiger charge is 2.17. The van der Waals surface area contributed by atoms with Gasteiger partial charge in [0.2, 0.25) is 23.8 Å². The van der Waals surface area contributed by atoms with Gasteiger partial charge < -0.3 is 21.3 Å². The van der Waals surface area contributed by atoms with Crippen LogP contribution in [-0.4, -0.2) is 26.9 Å². The van der Waals surface area contributed by atoms with E-state index < -0.39 is 17.7 Å². The van der Waals surface area contributed by atoms with Gasteiger partial charge in [-0.1, -0.05) is 30.3 Å². The summed E-state index contributed by atoms with van der Waals surface area (Å²) in [5, 5.41) is 11.4. The third kappa shape index (κ3) is 6.29. The zero-order valence-corrected chi connectivity index (χ0v) is 19.9. The summed E-state index contributed by atoms with van der Waals surface area (Å²) in [6, 6.07) is 17.1. The first kappa shape index (κ1) is 24.5. The Morgan fingerprint density at radius 1 is 0.750 bits per heavy atom. The molecule has 0 aliphatic carbocycles. The molecule has 0 bridgehead atoms. The number of para-hydroxylation sites is 2. The number of carbonyl (C=O) groups is 1. The molecule has 0 saturated carbocycles. The summed E-state index contributed by atoms with van der Waals surface area (Å²) in [5.74, 6) is -1.29. The molecule has 1 atom stereocenters. The number of halogens is 2. The number of aryl methyl sites for hydroxylation is 2. The molecule has 0 aliphatic heterocycles. The molecule has 0 fully saturated rings. The van der Waals surface area contributed by atoms with Crippen molar-refractivity contribution >= 4 is 40.8 Å². The van der Waals surface area contributed by atoms with Crippen LogP contribution in [0.2, 0.25) is 0 Å². The molecule has 8 nitrogen and oxygen atoms in total. The predicted molar refractivity (Wildman–Crippen MR) is 137 cm³/mol. The Morgan fingerprint density at radius 2 is 1.22 bits per heavy atom. The molecule has 4 aromatic rings. The normalized spacial score (nSPS) is 11.5. The second-order valence-electron chi connectivity index (χ2n) is 8.25. The largest absolute Gasteiger partial charge is 0.342 e. The topological polar surface area (TPSA) is 104 Å². The van der Waals surface area contributed by atoms with Gasteiger partial charge in [0.05, 0.1) is 11.4 Å². The van der Waals surface area contributed by atoms with E-state index in [1.54, 1.807) is 31.2 Å². The summed E-state index contributed by atoms with van der Waals surface area (Å²) in [6.45, 7) is 5.54. The van der Waals surface area contributed by atoms with Crippen molar-refractivity contribution in [2.75, 3.05) is 21.3 Å². The monoisotopic (exact) mass is 489 g/mol. The number of carbonyl (C=O) groups excluding carboxylic acids is 1. The summed E-state index contributed by atoms with van der Waals surface area (Å²) >= 11 is 0. The van der Waals surface area contributed by atoms with Crippen LogP contribution >= 0.6 is 0 Å². The molecule has 0 radical (unpaired) electrons. The number of hydrogen-bond acceptors (Lipinski definition) is 7. The average molecular weight is 490 g/mol. The van der Waals surface area contributed by atoms with E-state index >= 15 is 0 Å². The molecule has 0 saturated heterocycles. The average Bonchev–Trinajstić information content (AvgIpc) is 2.81. The van der Waals surface area contributed by atoms with E-state index in [-0.39, 0.29) is 35.1 Å². The summed E-state index contributed by atoms with van der Waals surface area (Å²) < 4.78 is 28.4. The first-order valence-corrected chi connectivity index (χ1v) is 11.2. The van der Waals surface area contributed by atoms with Gasteiger partial charge in [-0.25, -0.2) is 8.78 Å². The Bertz CT molecular complexity index is 1310. The van der Waals surface area contributed by atoms with Crippen LogP contribution in [0.1, 0.15) is 18.1 Å². The van der Waals surface area contributed by atoms with Crippen LogP contribution in [0, 0.1) is 25.5 Å². The minimum absolute atomic E-state index is 0.00152. The molecular weight excluding hydrogens is 464 g/mol. The fourth-order valence-corrected chi connectivity index (χ4v) is 3.47. The molecule has 184 valence electrons. The van der Waals surface area contributed by atoms with Gasteiger partial charge in [0.25, 0.3) is 0 Å². The lowest BCUT2D eigenvalue weighted by Gasteiger charge is -2.16. The number of aromatic nitrogens is 3. The van der Waals surface area contributed by atoms with Crippen LogP contribution in [0.3, 0.4) is 0 Å². The molecule has 4 rings (SSSR count). The van der Waals surface area contributed by atoms with E-state index in [9.17, 15) is 13.6 Å². The Kier molecular flexibility index (Phi) is 7.33. The first-order valence-electron chi connectivity index (χ1n) is 11.2. The van der Waals surface area contributed by atoms with Gasteiger partial charge in [0.15, 0.2) is 0 Å². The van der Waals surface area contributed by atoms with Crippen LogP contribution < -0.4 is 21.3 Å². The quantitative estimate of drug-likeness (QED) is 0.252. The van der Waals surface area contributed by atoms with E-state index in [1.165, 1.54) is 24.3 Å². The molecule has 36 heavy (non-hydrogen) atoms. The van der Waals surface area contributed by atoms with Gasteiger partial charge in [0.1, 0.15) is 17.7 Å². The predicted octanol–water partition coefficient (Wildman–Crippen LogP) is 5.69. The van der Waals surface area contributed by atoms with Crippen LogP contribution in [0.25, 0.3) is 0 Å². The maximum Gasteiger partial charge on any atom is 0.246 e. The summed E-state index contributed by atoms with van der Waals surface area (Å²) in [5.41, 5.74) is 3.01. The highest BCUT2D eigenvalue weighted by Crippen LogP contribution is 2.22. The smallest absolute Gasteiger partial charge is 0.246 e. The van der Waals surface area contributed by atoms with Gasteiger partial charge in [-0.2, -0.15) is 15.0 Å². The molecule has 0 aliphatic rings. The highest BCUT2D eigenvalue weighted by molar-refractivity contribution is 5.96. The maximum atomic E-state index is 14.2. The molecule has 4 N–H and O–H groups in total. The lowest BCUT2D eigenvalue weighted by Crippen LogP contribution is -2.32. The zero-order chi connectivity index (χ0) is 25.7. The summed E-state index contributed by atoms with van der Waals surface area (Å²) in [7, 11) is 0. The Balaban J connectivity index is 1.58. The van der Waals surface area contributed by atoms with Gasteiger partial charge in [0, 0.05) is 5.69 Å². The number of hydrogen-bond donors (Lipinski definition) is 4. The van der Waals surface area contributed by atoms with Crippen molar-refractivity contribution in [3.8, 4) is 0 Å². The minimum Gasteiger partial charge on any atom is -0.342 e. The number of rotatable bonds is 8. The third-order valence-electron chi connectivity index (χ3n) is 5.10. The Hall–Kier alpha value is -4.60. The summed E-state index contributed by atoms with van der Waals surface area (Å²) in [6.07, 6.45) is 0. The third-order valence-corrected chi connectivity index (χ3v) is 5.10. The van der Waals surface area contributed by atoms with E-state index in [2.05, 4.69) is 36.2 Å². The van der Waals surface area contributed by atoms with Crippen molar-refractivity contribution in [1.82, 2.24) is 15.0 Å². The van der Waals surface area contributed by atoms with Crippen LogP contribution in [-0.2, 0) is 4.79 Å². The van der Waals surface area contributed by atoms with Crippen LogP contribution in [0.15, 0.2) is 66.7 Å². The number of anilines is 6. The molecule has 1 heterocycles. The van der Waals surface area contributed by atoms with Crippen molar-refractivity contribution < 1.29 is 13.6 Å². The molecule has 3 aromatic carbocycles. The van der Waals surface area contributed by atoms with E-state index in [1.807, 2.05) is 32.0 Å². The van der Waals surface area contributed by atoms with E-state index in [0.717, 1.165) is 11.1 Å². The minimum atomic E-state index is -0.740. The van der Waals surface area contributed by atoms with Crippen LogP contribution in [0.5, 0.6) is 0 Å². The Labute approximate surface area is 207 Å². The molecule has 0 unspecified atom stereocenters. The van der Waals surface area contributed by atoms with Gasteiger partial charge in [-0.15, -0.1) is 0 Å². The van der Waals surface area contributed by atoms with Gasteiger partial charge in [-0.3, -0.25) is 4.79 Å². The van der Waals surface area contributed by atoms with Crippen LogP contribution in [0.4, 0.5) is 43.7 Å². The molecule has 1 amide bonds. The van der Waals surface area contributed by atoms with Crippen molar-refractivity contribution in [3.63, 3.8) is 0 Å². The van der Waals surface area contributed by atoms with Gasteiger partial charge >= 0.3 is 0 Å². The number of nitrogens with zero attached hydrogens (tertiary/aromatic N) is 3. The fourth-order valence-electron chi connectivity index (χ4n) is 3.47. The zero-order valence-electron chi connectivity index (χ0n) is 19.9. The molecule has 10 heteroatoms. The first-order chi connectivity index (χ1) is 17.3. The van der Waals surface area contributed by atoms with E-state index in [0.29, 0.717) is 5.69 Å². The standard InChI is InChI=1S/C26H25F2N7O/c1-15-12-16(2)14-18(13-15)30-23(36)17(3)29-24-33-25(31-21-10-6-4-8-19(21)27)35-26(34-24)32-22-11-7-5-9-20(22)28/h4-14,17H,1-3H3,(H,30,36)(H3,29,31,32,33,34,35)/t17-/m0/s1. The number of nitrogens with one attached hydrogen (secondary N) is 4. The lowest BCUT2D eigenvalue weighted by atomic mass is 10.1. The lowest BCUT2D eigenvalue weighted by molar-refractivity contribution is -0.116. The number of benzene rings is 3. The Morgan fingerprint density at radius 3 is 1.72 bits per heavy atom. The highest BCUT2D eigenvalue weighted by atomic mass is 19.1. The SMILES string of the molecule is Cc1cc(C)cc(NC(=O)[C@H](C)Nc2nc(Nc3ccccc3F)nc(Nc3ccccc3F)n2)c1. The van der Waals surface area contributed by atoms with Crippen molar-refractivity contribution in [2.24, 2.45) is 0 Å². The van der Waals surface area contributed by atoms with Crippen molar-refractivity contribution in [3.05, 3.63) is 89.5 Å². The fraction of sp³-hybridized carbons (Fsp3) is 0.154. The molecular formula is C26H25F2N7O. The molecule has 1 aromatic heterocycles. The van der Waals surface area contributed by atoms with Crippen molar-refractivity contribution in [2.45, 2.75) is 26.8 Å². The maximum absolute atomic E-state index is 14.2. The second-order valence-corrected chi connectivity index (χ2v) is 8.25. The molecule has 0 spiro atoms. The number of amides is 1. The van der Waals surface area contributed by atoms with Gasteiger partial charge in [-0.05, 0) is 68.3 Å². The summed E-state index contributed by atoms with van der Waals surface area (Å²) in [4.78, 5) is 25.6. The van der Waals surface area contributed by atoms with Crippen molar-refractivity contribution in [1.29, 1.82) is 0 Å². The van der Waals surface area contributed by atoms with E-state index in [4.69, 9.17) is 0 Å². The second kappa shape index (κ2) is 10.8.